The first kappa shape index (κ1) is 15.0. The molecule has 0 aromatic heterocycles. The summed E-state index contributed by atoms with van der Waals surface area (Å²) in [5, 5.41) is 12.9. The van der Waals surface area contributed by atoms with Crippen LogP contribution >= 0.6 is 0 Å². The van der Waals surface area contributed by atoms with Gasteiger partial charge in [0.15, 0.2) is 6.21 Å². The van der Waals surface area contributed by atoms with Crippen molar-refractivity contribution in [1.29, 1.82) is 0 Å². The summed E-state index contributed by atoms with van der Waals surface area (Å²) in [6, 6.07) is 27.4. The average Bonchev–Trinajstić information content (AvgIpc) is 2.57. The summed E-state index contributed by atoms with van der Waals surface area (Å²) in [6.45, 7) is 2.03. The van der Waals surface area contributed by atoms with Gasteiger partial charge in [0.05, 0.1) is 0 Å². The molecular formula is C21H19NO. The van der Waals surface area contributed by atoms with Crippen molar-refractivity contribution in [1.82, 2.24) is 0 Å². The first-order valence-electron chi connectivity index (χ1n) is 7.71. The van der Waals surface area contributed by atoms with Gasteiger partial charge in [-0.25, -0.2) is 0 Å². The van der Waals surface area contributed by atoms with Crippen LogP contribution in [0.4, 0.5) is 0 Å². The van der Waals surface area contributed by atoms with Crippen LogP contribution in [0.1, 0.15) is 28.3 Å². The molecule has 3 aromatic carbocycles. The lowest BCUT2D eigenvalue weighted by Crippen LogP contribution is -2.16. The van der Waals surface area contributed by atoms with E-state index in [9.17, 15) is 5.21 Å². The van der Waals surface area contributed by atoms with Gasteiger partial charge in [-0.3, -0.25) is 0 Å². The van der Waals surface area contributed by atoms with E-state index >= 15 is 0 Å². The Balaban J connectivity index is 2.05. The Morgan fingerprint density at radius 2 is 1.35 bits per heavy atom. The van der Waals surface area contributed by atoms with E-state index in [1.807, 2.05) is 91.9 Å². The average molecular weight is 301 g/mol. The van der Waals surface area contributed by atoms with Crippen LogP contribution in [0.5, 0.6) is 0 Å². The number of nitrogens with zero attached hydrogens (tertiary/aromatic N) is 1. The largest absolute Gasteiger partial charge is 0.623 e. The molecule has 0 bridgehead atoms. The molecule has 2 nitrogen and oxygen atoms in total. The zero-order valence-electron chi connectivity index (χ0n) is 13.1. The Morgan fingerprint density at radius 3 is 1.87 bits per heavy atom. The van der Waals surface area contributed by atoms with Crippen LogP contribution in [-0.2, 0) is 0 Å². The minimum absolute atomic E-state index is 0.349. The summed E-state index contributed by atoms with van der Waals surface area (Å²) in [5.41, 5.74) is 4.02. The van der Waals surface area contributed by atoms with Gasteiger partial charge in [-0.2, -0.15) is 4.74 Å². The summed E-state index contributed by atoms with van der Waals surface area (Å²) in [6.07, 6.45) is 1.66. The molecular weight excluding hydrogens is 282 g/mol. The molecule has 0 aliphatic rings. The number of hydrogen-bond donors (Lipinski definition) is 0. The zero-order valence-corrected chi connectivity index (χ0v) is 13.1. The van der Waals surface area contributed by atoms with E-state index in [2.05, 4.69) is 0 Å². The standard InChI is InChI=1S/C21H19NO/c1-17-9-8-10-18(15-17)16-22(23)21(19-11-4-2-5-12-19)20-13-6-3-7-14-20/h2-16,21H,1H3/b22-16-. The fraction of sp³-hybridized carbons (Fsp3) is 0.0952. The Morgan fingerprint density at radius 1 is 0.783 bits per heavy atom. The maximum absolute atomic E-state index is 12.9. The van der Waals surface area contributed by atoms with E-state index in [1.165, 1.54) is 0 Å². The van der Waals surface area contributed by atoms with Crippen molar-refractivity contribution < 1.29 is 4.74 Å². The van der Waals surface area contributed by atoms with Crippen LogP contribution in [0.15, 0.2) is 84.9 Å². The molecule has 0 heterocycles. The van der Waals surface area contributed by atoms with Crippen LogP contribution in [-0.4, -0.2) is 11.0 Å². The minimum atomic E-state index is -0.349. The highest BCUT2D eigenvalue weighted by Crippen LogP contribution is 2.25. The van der Waals surface area contributed by atoms with E-state index in [0.717, 1.165) is 27.0 Å². The predicted molar refractivity (Wildman–Crippen MR) is 94.7 cm³/mol. The molecule has 0 aliphatic carbocycles. The topological polar surface area (TPSA) is 26.1 Å². The molecule has 0 saturated heterocycles. The molecule has 0 N–H and O–H groups in total. The molecule has 0 saturated carbocycles. The van der Waals surface area contributed by atoms with Crippen molar-refractivity contribution in [3.63, 3.8) is 0 Å². The summed E-state index contributed by atoms with van der Waals surface area (Å²) >= 11 is 0. The van der Waals surface area contributed by atoms with Crippen LogP contribution in [0.2, 0.25) is 0 Å². The Hall–Kier alpha value is -2.87. The van der Waals surface area contributed by atoms with Gasteiger partial charge in [0.25, 0.3) is 0 Å². The number of hydrogen-bond acceptors (Lipinski definition) is 1. The van der Waals surface area contributed by atoms with Crippen molar-refractivity contribution >= 4 is 6.21 Å². The lowest BCUT2D eigenvalue weighted by Gasteiger charge is -2.18. The fourth-order valence-corrected chi connectivity index (χ4v) is 2.73. The summed E-state index contributed by atoms with van der Waals surface area (Å²) < 4.78 is 1.04. The van der Waals surface area contributed by atoms with Gasteiger partial charge < -0.3 is 5.21 Å². The number of aryl methyl sites for hydroxylation is 1. The fourth-order valence-electron chi connectivity index (χ4n) is 2.73. The van der Waals surface area contributed by atoms with E-state index in [-0.39, 0.29) is 6.04 Å². The Labute approximate surface area is 136 Å². The molecule has 114 valence electrons. The molecule has 0 fully saturated rings. The molecule has 3 rings (SSSR count). The molecule has 23 heavy (non-hydrogen) atoms. The first-order valence-corrected chi connectivity index (χ1v) is 7.71. The van der Waals surface area contributed by atoms with E-state index in [4.69, 9.17) is 0 Å². The van der Waals surface area contributed by atoms with Crippen molar-refractivity contribution in [3.05, 3.63) is 112 Å². The smallest absolute Gasteiger partial charge is 0.213 e. The van der Waals surface area contributed by atoms with Crippen molar-refractivity contribution in [3.8, 4) is 0 Å². The highest BCUT2D eigenvalue weighted by Gasteiger charge is 2.21. The monoisotopic (exact) mass is 301 g/mol. The zero-order chi connectivity index (χ0) is 16.1. The maximum Gasteiger partial charge on any atom is 0.213 e. The van der Waals surface area contributed by atoms with Crippen LogP contribution in [0.25, 0.3) is 0 Å². The highest BCUT2D eigenvalue weighted by molar-refractivity contribution is 5.76. The number of benzene rings is 3. The van der Waals surface area contributed by atoms with Crippen molar-refractivity contribution in [2.45, 2.75) is 13.0 Å². The van der Waals surface area contributed by atoms with Crippen LogP contribution < -0.4 is 0 Å². The van der Waals surface area contributed by atoms with Crippen LogP contribution in [0.3, 0.4) is 0 Å². The molecule has 2 heteroatoms. The van der Waals surface area contributed by atoms with Gasteiger partial charge in [0.1, 0.15) is 0 Å². The quantitative estimate of drug-likeness (QED) is 0.296. The second-order valence-electron chi connectivity index (χ2n) is 5.63. The van der Waals surface area contributed by atoms with Gasteiger partial charge in [0, 0.05) is 16.7 Å². The van der Waals surface area contributed by atoms with Gasteiger partial charge >= 0.3 is 0 Å². The van der Waals surface area contributed by atoms with Crippen molar-refractivity contribution in [2.75, 3.05) is 0 Å². The third-order valence-electron chi connectivity index (χ3n) is 3.80. The van der Waals surface area contributed by atoms with Crippen LogP contribution in [0, 0.1) is 12.1 Å². The second-order valence-corrected chi connectivity index (χ2v) is 5.63. The summed E-state index contributed by atoms with van der Waals surface area (Å²) in [5.74, 6) is 0. The number of hydroxylamine groups is 1. The normalized spacial score (nSPS) is 11.7. The van der Waals surface area contributed by atoms with E-state index in [0.29, 0.717) is 0 Å². The molecule has 0 aliphatic heterocycles. The lowest BCUT2D eigenvalue weighted by molar-refractivity contribution is -0.490. The summed E-state index contributed by atoms with van der Waals surface area (Å²) in [4.78, 5) is 0. The minimum Gasteiger partial charge on any atom is -0.623 e. The summed E-state index contributed by atoms with van der Waals surface area (Å²) in [7, 11) is 0. The number of rotatable bonds is 4. The maximum atomic E-state index is 12.9. The molecule has 0 radical (unpaired) electrons. The predicted octanol–water partition coefficient (Wildman–Crippen LogP) is 4.71. The van der Waals surface area contributed by atoms with Crippen molar-refractivity contribution in [2.24, 2.45) is 0 Å². The van der Waals surface area contributed by atoms with Gasteiger partial charge in [-0.05, 0) is 19.1 Å². The second kappa shape index (κ2) is 6.93. The van der Waals surface area contributed by atoms with Gasteiger partial charge in [-0.15, -0.1) is 0 Å². The van der Waals surface area contributed by atoms with Gasteiger partial charge in [-0.1, -0.05) is 78.4 Å². The third-order valence-corrected chi connectivity index (χ3v) is 3.80. The Bertz CT molecular complexity index is 755. The molecule has 0 amide bonds. The van der Waals surface area contributed by atoms with E-state index in [1.54, 1.807) is 6.21 Å². The molecule has 0 atom stereocenters. The van der Waals surface area contributed by atoms with E-state index < -0.39 is 0 Å². The first-order chi connectivity index (χ1) is 11.2. The Kier molecular flexibility index (Phi) is 4.53. The highest BCUT2D eigenvalue weighted by atomic mass is 16.5. The molecule has 3 aromatic rings. The lowest BCUT2D eigenvalue weighted by atomic mass is 9.99. The molecule has 0 spiro atoms. The van der Waals surface area contributed by atoms with Gasteiger partial charge in [0.2, 0.25) is 6.04 Å². The SMILES string of the molecule is Cc1cccc(/C=[N+](\[O-])C(c2ccccc2)c2ccccc2)c1. The third kappa shape index (κ3) is 3.67. The molecule has 0 unspecified atom stereocenters.